The summed E-state index contributed by atoms with van der Waals surface area (Å²) in [6, 6.07) is 15.5. The fraction of sp³-hybridized carbons (Fsp3) is 0.491. The van der Waals surface area contributed by atoms with Gasteiger partial charge in [-0.1, -0.05) is 119 Å². The third-order valence-electron chi connectivity index (χ3n) is 12.8. The SMILES string of the molecule is CC(C)C[C@H]1C(=O)N(C)[C@@H](Cc2ccccc2)C(=O)N[C@@H](C(C)C)C(=O)O[C@H](C)[C@H](NC(=O)[C@H](C)NC(=O)C(C)NC(=O)OCc2ccccc2)C(=O)N[C@@H](Cc2ccccc2)C(=O)N[C@H]2CC[C@@H](O)N1C2=O. The molecule has 7 N–H and O–H groups in total. The molecule has 3 aromatic carbocycles. The van der Waals surface area contributed by atoms with Gasteiger partial charge in [0, 0.05) is 19.9 Å². The molecule has 20 nitrogen and oxygen atoms in total. The van der Waals surface area contributed by atoms with Crippen LogP contribution in [0.2, 0.25) is 0 Å². The molecule has 73 heavy (non-hydrogen) atoms. The summed E-state index contributed by atoms with van der Waals surface area (Å²) in [5.41, 5.74) is 1.99. The molecule has 10 atom stereocenters. The predicted octanol–water partition coefficient (Wildman–Crippen LogP) is 2.01. The van der Waals surface area contributed by atoms with E-state index in [1.807, 2.05) is 13.8 Å². The lowest BCUT2D eigenvalue weighted by Gasteiger charge is -2.43. The highest BCUT2D eigenvalue weighted by molar-refractivity contribution is 5.98. The standard InChI is InChI=1S/C53H70N8O12/c1-30(2)26-41-51(69)60(8)40(28-36-20-14-10-15-21-36)48(66)58-43(31(3)4)52(70)73-34(7)44(59-46(64)32(5)54-45(63)33(6)55-53(71)72-29-37-22-16-11-17-23-37)49(67)57-39(27-35-18-12-9-13-19-35)47(65)56-38-24-25-42(62)61(41)50(38)68/h9-23,30-34,38-44,62H,24-29H2,1-8H3,(H,54,63)(H,55,71)(H,56,65)(H,57,67)(H,58,66)(H,59,64)/t32-,33?,34+,38-,39-,40-,41-,42+,43-,44-/m0/s1. The first-order valence-electron chi connectivity index (χ1n) is 24.7. The van der Waals surface area contributed by atoms with E-state index in [9.17, 15) is 48.3 Å². The molecule has 2 aliphatic heterocycles. The van der Waals surface area contributed by atoms with Crippen LogP contribution in [0.4, 0.5) is 4.79 Å². The lowest BCUT2D eigenvalue weighted by Crippen LogP contribution is -2.65. The van der Waals surface area contributed by atoms with E-state index in [2.05, 4.69) is 31.9 Å². The summed E-state index contributed by atoms with van der Waals surface area (Å²) in [5, 5.41) is 27.1. The number of fused-ring (bicyclic) bond motifs is 2. The number of nitrogens with one attached hydrogen (secondary N) is 6. The number of benzene rings is 3. The molecule has 0 spiro atoms. The van der Waals surface area contributed by atoms with Gasteiger partial charge < -0.3 is 56.3 Å². The maximum absolute atomic E-state index is 14.8. The van der Waals surface area contributed by atoms with Crippen molar-refractivity contribution in [1.29, 1.82) is 0 Å². The Morgan fingerprint density at radius 2 is 1.25 bits per heavy atom. The van der Waals surface area contributed by atoms with Crippen molar-refractivity contribution in [2.45, 2.75) is 148 Å². The normalized spacial score (nSPS) is 24.4. The van der Waals surface area contributed by atoms with Crippen molar-refractivity contribution in [3.63, 3.8) is 0 Å². The van der Waals surface area contributed by atoms with E-state index < -0.39 is 120 Å². The van der Waals surface area contributed by atoms with Crippen molar-refractivity contribution in [2.24, 2.45) is 11.8 Å². The first kappa shape index (κ1) is 56.6. The quantitative estimate of drug-likeness (QED) is 0.114. The van der Waals surface area contributed by atoms with Gasteiger partial charge in [0.05, 0.1) is 0 Å². The number of esters is 1. The molecule has 2 heterocycles. The van der Waals surface area contributed by atoms with Crippen molar-refractivity contribution in [1.82, 2.24) is 41.7 Å². The number of nitrogens with zero attached hydrogens (tertiary/aromatic N) is 2. The maximum Gasteiger partial charge on any atom is 0.408 e. The molecule has 0 radical (unpaired) electrons. The highest BCUT2D eigenvalue weighted by Gasteiger charge is 2.46. The zero-order chi connectivity index (χ0) is 53.5. The van der Waals surface area contributed by atoms with Crippen LogP contribution in [0.15, 0.2) is 91.0 Å². The fourth-order valence-electron chi connectivity index (χ4n) is 8.56. The molecule has 2 bridgehead atoms. The van der Waals surface area contributed by atoms with Gasteiger partial charge in [0.1, 0.15) is 67.3 Å². The summed E-state index contributed by atoms with van der Waals surface area (Å²) in [4.78, 5) is 129. The third-order valence-corrected chi connectivity index (χ3v) is 12.8. The van der Waals surface area contributed by atoms with Crippen molar-refractivity contribution in [3.8, 4) is 0 Å². The number of alkyl carbamates (subject to hydrolysis) is 1. The van der Waals surface area contributed by atoms with Crippen molar-refractivity contribution in [3.05, 3.63) is 108 Å². The molecule has 20 heteroatoms. The highest BCUT2D eigenvalue weighted by Crippen LogP contribution is 2.26. The number of likely N-dealkylation sites (N-methyl/N-ethyl adjacent to an activating group) is 1. The molecule has 0 aromatic heterocycles. The van der Waals surface area contributed by atoms with E-state index in [0.717, 1.165) is 10.5 Å². The molecular formula is C53H70N8O12. The van der Waals surface area contributed by atoms with Crippen LogP contribution in [-0.4, -0.2) is 136 Å². The first-order valence-corrected chi connectivity index (χ1v) is 24.7. The second-order valence-corrected chi connectivity index (χ2v) is 19.4. The molecule has 2 aliphatic rings. The van der Waals surface area contributed by atoms with Gasteiger partial charge in [-0.3, -0.25) is 33.6 Å². The third kappa shape index (κ3) is 15.8. The molecule has 0 saturated carbocycles. The number of cyclic esters (lactones) is 1. The average molecular weight is 1010 g/mol. The van der Waals surface area contributed by atoms with E-state index in [1.165, 1.54) is 32.7 Å². The van der Waals surface area contributed by atoms with Crippen LogP contribution in [-0.2, 0) is 67.3 Å². The maximum atomic E-state index is 14.8. The van der Waals surface area contributed by atoms with Crippen LogP contribution in [0.1, 0.15) is 84.4 Å². The number of amides is 8. The topological polar surface area (TPSA) is 271 Å². The van der Waals surface area contributed by atoms with Gasteiger partial charge in [0.2, 0.25) is 41.4 Å². The van der Waals surface area contributed by atoms with Gasteiger partial charge in [0.25, 0.3) is 0 Å². The Hall–Kier alpha value is -7.35. The van der Waals surface area contributed by atoms with Gasteiger partial charge >= 0.3 is 12.1 Å². The molecule has 0 aliphatic carbocycles. The average Bonchev–Trinajstić information content (AvgIpc) is 3.35. The summed E-state index contributed by atoms with van der Waals surface area (Å²) < 4.78 is 11.1. The van der Waals surface area contributed by atoms with Gasteiger partial charge in [0.15, 0.2) is 0 Å². The van der Waals surface area contributed by atoms with Crippen LogP contribution in [0, 0.1) is 11.8 Å². The van der Waals surface area contributed by atoms with Crippen LogP contribution in [0.3, 0.4) is 0 Å². The molecule has 2 fully saturated rings. The molecule has 2 saturated heterocycles. The number of rotatable bonds is 14. The number of aliphatic hydroxyl groups excluding tert-OH is 1. The summed E-state index contributed by atoms with van der Waals surface area (Å²) in [6.45, 7) is 10.9. The monoisotopic (exact) mass is 1010 g/mol. The summed E-state index contributed by atoms with van der Waals surface area (Å²) >= 11 is 0. The van der Waals surface area contributed by atoms with E-state index in [1.54, 1.807) is 105 Å². The largest absolute Gasteiger partial charge is 0.458 e. The summed E-state index contributed by atoms with van der Waals surface area (Å²) in [5.74, 6) is -7.51. The second kappa shape index (κ2) is 26.4. The van der Waals surface area contributed by atoms with Crippen molar-refractivity contribution >= 4 is 53.4 Å². The van der Waals surface area contributed by atoms with Crippen LogP contribution >= 0.6 is 0 Å². The Bertz CT molecular complexity index is 2410. The molecule has 5 rings (SSSR count). The predicted molar refractivity (Wildman–Crippen MR) is 267 cm³/mol. The zero-order valence-corrected chi connectivity index (χ0v) is 42.7. The van der Waals surface area contributed by atoms with Gasteiger partial charge in [-0.15, -0.1) is 0 Å². The van der Waals surface area contributed by atoms with Crippen molar-refractivity contribution in [2.75, 3.05) is 7.05 Å². The Labute approximate surface area is 426 Å². The number of hydrogen-bond donors (Lipinski definition) is 7. The molecule has 1 unspecified atom stereocenters. The lowest BCUT2D eigenvalue weighted by atomic mass is 9.94. The number of piperidine rings is 1. The fourth-order valence-corrected chi connectivity index (χ4v) is 8.56. The van der Waals surface area contributed by atoms with Crippen LogP contribution in [0.5, 0.6) is 0 Å². The first-order chi connectivity index (χ1) is 34.6. The number of ether oxygens (including phenoxy) is 2. The summed E-state index contributed by atoms with van der Waals surface area (Å²) in [7, 11) is 1.41. The molecule has 394 valence electrons. The van der Waals surface area contributed by atoms with Gasteiger partial charge in [-0.2, -0.15) is 0 Å². The van der Waals surface area contributed by atoms with Crippen LogP contribution < -0.4 is 31.9 Å². The van der Waals surface area contributed by atoms with Gasteiger partial charge in [-0.25, -0.2) is 9.59 Å². The minimum absolute atomic E-state index is 0.0201. The van der Waals surface area contributed by atoms with E-state index in [-0.39, 0.29) is 44.6 Å². The van der Waals surface area contributed by atoms with Crippen LogP contribution in [0.25, 0.3) is 0 Å². The Morgan fingerprint density at radius 1 is 0.685 bits per heavy atom. The Balaban J connectivity index is 1.50. The number of carbonyl (C=O) groups is 9. The van der Waals surface area contributed by atoms with Crippen molar-refractivity contribution < 1.29 is 57.7 Å². The minimum atomic E-state index is -1.75. The molecule has 8 amide bonds. The summed E-state index contributed by atoms with van der Waals surface area (Å²) in [6.07, 6.45) is -3.95. The van der Waals surface area contributed by atoms with E-state index in [4.69, 9.17) is 9.47 Å². The number of carbonyl (C=O) groups excluding carboxylic acids is 9. The minimum Gasteiger partial charge on any atom is -0.458 e. The smallest absolute Gasteiger partial charge is 0.408 e. The lowest BCUT2D eigenvalue weighted by molar-refractivity contribution is -0.166. The number of hydrogen-bond acceptors (Lipinski definition) is 12. The number of aliphatic hydroxyl groups is 1. The zero-order valence-electron chi connectivity index (χ0n) is 42.7. The molecular weight excluding hydrogens is 941 g/mol. The molecule has 3 aromatic rings. The second-order valence-electron chi connectivity index (χ2n) is 19.4. The highest BCUT2D eigenvalue weighted by atomic mass is 16.6. The Morgan fingerprint density at radius 3 is 1.82 bits per heavy atom. The van der Waals surface area contributed by atoms with E-state index >= 15 is 0 Å². The Kier molecular flexibility index (Phi) is 20.4. The van der Waals surface area contributed by atoms with E-state index in [0.29, 0.717) is 11.1 Å². The van der Waals surface area contributed by atoms with Gasteiger partial charge in [-0.05, 0) is 68.6 Å².